The molecule has 5 N–H and O–H groups in total. The summed E-state index contributed by atoms with van der Waals surface area (Å²) in [7, 11) is 0. The van der Waals surface area contributed by atoms with E-state index < -0.39 is 31.1 Å². The molecule has 1 unspecified atom stereocenters. The number of hydrogen-bond acceptors (Lipinski definition) is 9. The van der Waals surface area contributed by atoms with Gasteiger partial charge in [-0.25, -0.2) is 15.0 Å². The molecule has 0 bridgehead atoms. The van der Waals surface area contributed by atoms with E-state index in [-0.39, 0.29) is 5.75 Å². The first kappa shape index (κ1) is 19.3. The number of aromatic hydroxyl groups is 1. The molecule has 148 valence electrons. The Labute approximate surface area is 173 Å². The predicted octanol–water partition coefficient (Wildman–Crippen LogP) is 0.360. The number of aliphatic hydroxyl groups is 3. The zero-order valence-electron chi connectivity index (χ0n) is 14.5. The third-order valence-electron chi connectivity index (χ3n) is 4.64. The molecule has 28 heavy (non-hydrogen) atoms. The number of nitrogens with one attached hydrogen (secondary N) is 1. The van der Waals surface area contributed by atoms with Gasteiger partial charge in [-0.15, -0.1) is 0 Å². The van der Waals surface area contributed by atoms with E-state index in [0.717, 1.165) is 3.57 Å². The summed E-state index contributed by atoms with van der Waals surface area (Å²) in [6.07, 6.45) is -1.48. The number of anilines is 1. The van der Waals surface area contributed by atoms with Crippen LogP contribution >= 0.6 is 22.6 Å². The van der Waals surface area contributed by atoms with Gasteiger partial charge in [-0.05, 0) is 40.8 Å². The second kappa shape index (κ2) is 7.75. The molecule has 0 saturated carbocycles. The van der Waals surface area contributed by atoms with E-state index in [4.69, 9.17) is 4.74 Å². The molecule has 3 aromatic rings. The highest BCUT2D eigenvalue weighted by Crippen LogP contribution is 2.32. The fourth-order valence-electron chi connectivity index (χ4n) is 3.15. The van der Waals surface area contributed by atoms with Crippen LogP contribution in [0.25, 0.3) is 11.2 Å². The normalized spacial score (nSPS) is 24.7. The number of ether oxygens (including phenoxy) is 1. The summed E-state index contributed by atoms with van der Waals surface area (Å²) in [6.45, 7) is -0.0853. The molecule has 1 aliphatic rings. The van der Waals surface area contributed by atoms with Crippen molar-refractivity contribution in [1.29, 1.82) is 0 Å². The first-order valence-electron chi connectivity index (χ1n) is 8.51. The Balaban J connectivity index is 1.61. The summed E-state index contributed by atoms with van der Waals surface area (Å²) in [5, 5.41) is 42.6. The van der Waals surface area contributed by atoms with Crippen LogP contribution in [-0.4, -0.2) is 64.9 Å². The zero-order valence-corrected chi connectivity index (χ0v) is 16.6. The van der Waals surface area contributed by atoms with Crippen LogP contribution in [0.5, 0.6) is 5.75 Å². The third kappa shape index (κ3) is 3.39. The van der Waals surface area contributed by atoms with E-state index in [1.807, 2.05) is 12.1 Å². The molecule has 2 aromatic heterocycles. The van der Waals surface area contributed by atoms with Crippen LogP contribution in [0.4, 0.5) is 5.82 Å². The molecule has 10 nitrogen and oxygen atoms in total. The number of aromatic nitrogens is 4. The van der Waals surface area contributed by atoms with Crippen molar-refractivity contribution in [3.63, 3.8) is 0 Å². The van der Waals surface area contributed by atoms with E-state index in [1.165, 1.54) is 17.2 Å². The van der Waals surface area contributed by atoms with Gasteiger partial charge in [0.25, 0.3) is 0 Å². The Morgan fingerprint density at radius 3 is 2.75 bits per heavy atom. The van der Waals surface area contributed by atoms with Crippen LogP contribution in [0, 0.1) is 3.57 Å². The summed E-state index contributed by atoms with van der Waals surface area (Å²) in [5.74, 6) is 0.629. The number of phenolic OH excluding ortho intramolecular Hbond substituents is 1. The molecular weight excluding hydrogens is 481 g/mol. The number of halogens is 1. The molecule has 0 amide bonds. The van der Waals surface area contributed by atoms with Crippen molar-refractivity contribution in [1.82, 2.24) is 19.5 Å². The summed E-state index contributed by atoms with van der Waals surface area (Å²) in [4.78, 5) is 12.7. The Morgan fingerprint density at radius 2 is 2.00 bits per heavy atom. The Bertz CT molecular complexity index is 999. The van der Waals surface area contributed by atoms with Gasteiger partial charge in [0.05, 0.1) is 12.9 Å². The number of benzene rings is 1. The Morgan fingerprint density at radius 1 is 1.18 bits per heavy atom. The number of nitrogens with zero attached hydrogens (tertiary/aromatic N) is 4. The molecule has 1 aliphatic heterocycles. The number of hydrogen-bond donors (Lipinski definition) is 5. The lowest BCUT2D eigenvalue weighted by Gasteiger charge is -2.16. The van der Waals surface area contributed by atoms with Gasteiger partial charge in [-0.2, -0.15) is 0 Å². The van der Waals surface area contributed by atoms with Crippen LogP contribution < -0.4 is 5.32 Å². The molecule has 0 spiro atoms. The van der Waals surface area contributed by atoms with Crippen LogP contribution in [0.3, 0.4) is 0 Å². The average molecular weight is 499 g/mol. The summed E-state index contributed by atoms with van der Waals surface area (Å²) in [6, 6.07) is 5.30. The van der Waals surface area contributed by atoms with E-state index >= 15 is 0 Å². The number of fused-ring (bicyclic) bond motifs is 1. The average Bonchev–Trinajstić information content (AvgIpc) is 3.24. The van der Waals surface area contributed by atoms with Crippen molar-refractivity contribution < 1.29 is 25.2 Å². The van der Waals surface area contributed by atoms with Gasteiger partial charge in [-0.1, -0.05) is 0 Å². The highest BCUT2D eigenvalue weighted by atomic mass is 127. The second-order valence-corrected chi connectivity index (χ2v) is 7.65. The minimum absolute atomic E-state index is 0.176. The van der Waals surface area contributed by atoms with Gasteiger partial charge in [0.2, 0.25) is 0 Å². The molecule has 3 heterocycles. The highest BCUT2D eigenvalue weighted by Gasteiger charge is 2.44. The van der Waals surface area contributed by atoms with E-state index in [9.17, 15) is 20.4 Å². The number of rotatable bonds is 5. The van der Waals surface area contributed by atoms with Crippen molar-refractivity contribution in [3.05, 3.63) is 40.0 Å². The zero-order chi connectivity index (χ0) is 19.8. The summed E-state index contributed by atoms with van der Waals surface area (Å²) >= 11 is 2.17. The maximum absolute atomic E-state index is 10.2. The van der Waals surface area contributed by atoms with E-state index in [2.05, 4.69) is 42.9 Å². The molecule has 1 fully saturated rings. The van der Waals surface area contributed by atoms with Crippen LogP contribution in [0.15, 0.2) is 30.9 Å². The third-order valence-corrected chi connectivity index (χ3v) is 5.31. The summed E-state index contributed by atoms with van der Waals surface area (Å²) in [5.41, 5.74) is 1.56. The first-order valence-corrected chi connectivity index (χ1v) is 9.58. The van der Waals surface area contributed by atoms with Gasteiger partial charge in [-0.3, -0.25) is 4.57 Å². The maximum Gasteiger partial charge on any atom is 0.167 e. The van der Waals surface area contributed by atoms with Gasteiger partial charge in [0.1, 0.15) is 30.4 Å². The molecule has 11 heteroatoms. The van der Waals surface area contributed by atoms with Gasteiger partial charge < -0.3 is 30.5 Å². The molecule has 1 aromatic carbocycles. The Kier molecular flexibility index (Phi) is 5.33. The minimum Gasteiger partial charge on any atom is -0.508 e. The van der Waals surface area contributed by atoms with Crippen molar-refractivity contribution in [3.8, 4) is 5.75 Å². The van der Waals surface area contributed by atoms with E-state index in [0.29, 0.717) is 29.1 Å². The predicted molar refractivity (Wildman–Crippen MR) is 106 cm³/mol. The van der Waals surface area contributed by atoms with Crippen molar-refractivity contribution in [2.75, 3.05) is 11.9 Å². The lowest BCUT2D eigenvalue weighted by Crippen LogP contribution is -2.33. The molecule has 4 rings (SSSR count). The van der Waals surface area contributed by atoms with Gasteiger partial charge >= 0.3 is 0 Å². The first-order chi connectivity index (χ1) is 13.5. The number of phenols is 1. The van der Waals surface area contributed by atoms with Crippen molar-refractivity contribution in [2.45, 2.75) is 31.1 Å². The monoisotopic (exact) mass is 499 g/mol. The molecule has 0 radical (unpaired) electrons. The fourth-order valence-corrected chi connectivity index (χ4v) is 3.71. The fraction of sp³-hybridized carbons (Fsp3) is 0.353. The van der Waals surface area contributed by atoms with Crippen LogP contribution in [-0.2, 0) is 11.3 Å². The SMILES string of the molecule is OC[C@H]1OC(n2cnc3c(NCc4cc(I)ccc4O)ncnc32)[C@@H](O)[C@@H]1O. The summed E-state index contributed by atoms with van der Waals surface area (Å²) < 4.78 is 8.03. The molecular formula is C17H18IN5O5. The van der Waals surface area contributed by atoms with Crippen LogP contribution in [0.1, 0.15) is 11.8 Å². The lowest BCUT2D eigenvalue weighted by molar-refractivity contribution is -0.0511. The molecule has 0 aliphatic carbocycles. The van der Waals surface area contributed by atoms with E-state index in [1.54, 1.807) is 6.07 Å². The second-order valence-electron chi connectivity index (χ2n) is 6.40. The van der Waals surface area contributed by atoms with Crippen LogP contribution in [0.2, 0.25) is 0 Å². The largest absolute Gasteiger partial charge is 0.508 e. The maximum atomic E-state index is 10.2. The van der Waals surface area contributed by atoms with Crippen molar-refractivity contribution >= 4 is 39.6 Å². The standard InChI is InChI=1S/C17H18IN5O5/c18-9-1-2-10(25)8(3-9)4-19-15-12-16(21-6-20-15)23(7-22-12)17-14(27)13(26)11(5-24)28-17/h1-3,6-7,11,13-14,17,24-27H,4-5H2,(H,19,20,21)/t11-,13-,14+,17?/m1/s1. The lowest BCUT2D eigenvalue weighted by atomic mass is 10.1. The topological polar surface area (TPSA) is 146 Å². The number of imidazole rings is 1. The molecule has 1 saturated heterocycles. The smallest absolute Gasteiger partial charge is 0.167 e. The Hall–Kier alpha value is -2.06. The van der Waals surface area contributed by atoms with Crippen molar-refractivity contribution in [2.24, 2.45) is 0 Å². The molecule has 4 atom stereocenters. The van der Waals surface area contributed by atoms with Gasteiger partial charge in [0.15, 0.2) is 23.2 Å². The van der Waals surface area contributed by atoms with Gasteiger partial charge in [0, 0.05) is 15.7 Å². The number of aliphatic hydroxyl groups excluding tert-OH is 3. The highest BCUT2D eigenvalue weighted by molar-refractivity contribution is 14.1. The minimum atomic E-state index is -1.23. The quantitative estimate of drug-likeness (QED) is 0.314.